The molecule has 0 aromatic heterocycles. The lowest BCUT2D eigenvalue weighted by molar-refractivity contribution is 0.317. The molecule has 2 nitrogen and oxygen atoms in total. The molecule has 2 aromatic carbocycles. The molecular formula is C21H27NO. The number of aliphatic imine (C=N–C) groups is 1. The van der Waals surface area contributed by atoms with Crippen LogP contribution in [0.4, 0.5) is 5.69 Å². The van der Waals surface area contributed by atoms with Gasteiger partial charge in [0.2, 0.25) is 0 Å². The van der Waals surface area contributed by atoms with Crippen LogP contribution >= 0.6 is 0 Å². The molecule has 0 spiro atoms. The summed E-state index contributed by atoms with van der Waals surface area (Å²) in [5.41, 5.74) is 3.46. The highest BCUT2D eigenvalue weighted by atomic mass is 16.5. The summed E-state index contributed by atoms with van der Waals surface area (Å²) in [6.07, 6.45) is 5.37. The SMILES string of the molecule is CCCOc1ccc(C=Nc2ccc(C(C)CCC)cc2)cc1. The Labute approximate surface area is 140 Å². The molecule has 0 aliphatic carbocycles. The van der Waals surface area contributed by atoms with E-state index in [1.165, 1.54) is 18.4 Å². The molecule has 0 aliphatic rings. The minimum atomic E-state index is 0.619. The molecule has 0 saturated carbocycles. The summed E-state index contributed by atoms with van der Waals surface area (Å²) in [5.74, 6) is 1.53. The first-order chi connectivity index (χ1) is 11.2. The topological polar surface area (TPSA) is 21.6 Å². The highest BCUT2D eigenvalue weighted by molar-refractivity contribution is 5.82. The van der Waals surface area contributed by atoms with Crippen LogP contribution in [0.3, 0.4) is 0 Å². The van der Waals surface area contributed by atoms with E-state index in [0.29, 0.717) is 5.92 Å². The van der Waals surface area contributed by atoms with Gasteiger partial charge in [-0.3, -0.25) is 4.99 Å². The van der Waals surface area contributed by atoms with Crippen molar-refractivity contribution >= 4 is 11.9 Å². The van der Waals surface area contributed by atoms with Crippen molar-refractivity contribution in [1.29, 1.82) is 0 Å². The van der Waals surface area contributed by atoms with Crippen molar-refractivity contribution in [3.63, 3.8) is 0 Å². The summed E-state index contributed by atoms with van der Waals surface area (Å²) in [6.45, 7) is 7.38. The molecule has 0 N–H and O–H groups in total. The first-order valence-electron chi connectivity index (χ1n) is 8.59. The van der Waals surface area contributed by atoms with Crippen molar-refractivity contribution in [2.24, 2.45) is 4.99 Å². The zero-order valence-electron chi connectivity index (χ0n) is 14.5. The van der Waals surface area contributed by atoms with Crippen LogP contribution in [0.1, 0.15) is 57.1 Å². The van der Waals surface area contributed by atoms with Crippen molar-refractivity contribution in [2.45, 2.75) is 46.0 Å². The molecule has 23 heavy (non-hydrogen) atoms. The number of benzene rings is 2. The van der Waals surface area contributed by atoms with Gasteiger partial charge in [-0.25, -0.2) is 0 Å². The largest absolute Gasteiger partial charge is 0.494 e. The molecule has 0 aliphatic heterocycles. The Kier molecular flexibility index (Phi) is 6.86. The molecule has 0 bridgehead atoms. The molecule has 0 saturated heterocycles. The standard InChI is InChI=1S/C21H27NO/c1-4-6-17(3)19-9-11-20(12-10-19)22-16-18-7-13-21(14-8-18)23-15-5-2/h7-14,16-17H,4-6,15H2,1-3H3. The first kappa shape index (κ1) is 17.3. The van der Waals surface area contributed by atoms with Gasteiger partial charge >= 0.3 is 0 Å². The second-order valence-corrected chi connectivity index (χ2v) is 5.96. The molecule has 0 heterocycles. The molecule has 2 heteroatoms. The predicted molar refractivity (Wildman–Crippen MR) is 99.2 cm³/mol. The van der Waals surface area contributed by atoms with Gasteiger partial charge in [0.05, 0.1) is 12.3 Å². The van der Waals surface area contributed by atoms with Crippen LogP contribution in [0, 0.1) is 0 Å². The van der Waals surface area contributed by atoms with Gasteiger partial charge < -0.3 is 4.74 Å². The second kappa shape index (κ2) is 9.14. The smallest absolute Gasteiger partial charge is 0.119 e. The molecular weight excluding hydrogens is 282 g/mol. The number of nitrogens with zero attached hydrogens (tertiary/aromatic N) is 1. The van der Waals surface area contributed by atoms with Crippen LogP contribution in [0.25, 0.3) is 0 Å². The Bertz CT molecular complexity index is 599. The average Bonchev–Trinajstić information content (AvgIpc) is 2.59. The maximum atomic E-state index is 5.58. The lowest BCUT2D eigenvalue weighted by Crippen LogP contribution is -1.94. The lowest BCUT2D eigenvalue weighted by Gasteiger charge is -2.10. The van der Waals surface area contributed by atoms with Gasteiger partial charge in [0.15, 0.2) is 0 Å². The monoisotopic (exact) mass is 309 g/mol. The summed E-state index contributed by atoms with van der Waals surface area (Å²) >= 11 is 0. The van der Waals surface area contributed by atoms with Crippen molar-refractivity contribution in [1.82, 2.24) is 0 Å². The van der Waals surface area contributed by atoms with Crippen LogP contribution in [0.15, 0.2) is 53.5 Å². The number of hydrogen-bond acceptors (Lipinski definition) is 2. The van der Waals surface area contributed by atoms with Gasteiger partial charge in [-0.1, -0.05) is 39.3 Å². The minimum absolute atomic E-state index is 0.619. The zero-order chi connectivity index (χ0) is 16.5. The molecule has 1 unspecified atom stereocenters. The molecule has 0 radical (unpaired) electrons. The third-order valence-corrected chi connectivity index (χ3v) is 3.90. The summed E-state index contributed by atoms with van der Waals surface area (Å²) < 4.78 is 5.58. The highest BCUT2D eigenvalue weighted by Crippen LogP contribution is 2.23. The van der Waals surface area contributed by atoms with E-state index in [1.54, 1.807) is 0 Å². The normalized spacial score (nSPS) is 12.5. The van der Waals surface area contributed by atoms with E-state index in [9.17, 15) is 0 Å². The second-order valence-electron chi connectivity index (χ2n) is 5.96. The fourth-order valence-electron chi connectivity index (χ4n) is 2.51. The van der Waals surface area contributed by atoms with Crippen molar-refractivity contribution in [2.75, 3.05) is 6.61 Å². The summed E-state index contributed by atoms with van der Waals surface area (Å²) in [7, 11) is 0. The quantitative estimate of drug-likeness (QED) is 0.537. The zero-order valence-corrected chi connectivity index (χ0v) is 14.5. The van der Waals surface area contributed by atoms with E-state index in [0.717, 1.165) is 30.0 Å². The number of ether oxygens (including phenoxy) is 1. The predicted octanol–water partition coefficient (Wildman–Crippen LogP) is 6.13. The van der Waals surface area contributed by atoms with Crippen LogP contribution in [-0.4, -0.2) is 12.8 Å². The van der Waals surface area contributed by atoms with Gasteiger partial charge in [0.25, 0.3) is 0 Å². The first-order valence-corrected chi connectivity index (χ1v) is 8.59. The summed E-state index contributed by atoms with van der Waals surface area (Å²) in [6, 6.07) is 16.6. The molecule has 0 fully saturated rings. The summed E-state index contributed by atoms with van der Waals surface area (Å²) in [5, 5.41) is 0. The Morgan fingerprint density at radius 1 is 0.957 bits per heavy atom. The Morgan fingerprint density at radius 3 is 2.26 bits per heavy atom. The molecule has 2 aromatic rings. The average molecular weight is 309 g/mol. The maximum Gasteiger partial charge on any atom is 0.119 e. The van der Waals surface area contributed by atoms with Crippen molar-refractivity contribution < 1.29 is 4.74 Å². The van der Waals surface area contributed by atoms with E-state index in [-0.39, 0.29) is 0 Å². The lowest BCUT2D eigenvalue weighted by atomic mass is 9.96. The van der Waals surface area contributed by atoms with Crippen LogP contribution in [0.5, 0.6) is 5.75 Å². The van der Waals surface area contributed by atoms with Crippen LogP contribution in [0.2, 0.25) is 0 Å². The third-order valence-electron chi connectivity index (χ3n) is 3.90. The fourth-order valence-corrected chi connectivity index (χ4v) is 2.51. The number of hydrogen-bond donors (Lipinski definition) is 0. The minimum Gasteiger partial charge on any atom is -0.494 e. The van der Waals surface area contributed by atoms with Crippen LogP contribution in [-0.2, 0) is 0 Å². The Balaban J connectivity index is 1.96. The van der Waals surface area contributed by atoms with Gasteiger partial charge in [-0.2, -0.15) is 0 Å². The van der Waals surface area contributed by atoms with E-state index < -0.39 is 0 Å². The van der Waals surface area contributed by atoms with Crippen molar-refractivity contribution in [3.8, 4) is 5.75 Å². The van der Waals surface area contributed by atoms with Gasteiger partial charge in [0.1, 0.15) is 5.75 Å². The highest BCUT2D eigenvalue weighted by Gasteiger charge is 2.03. The third kappa shape index (κ3) is 5.55. The summed E-state index contributed by atoms with van der Waals surface area (Å²) in [4.78, 5) is 4.55. The molecule has 0 amide bonds. The van der Waals surface area contributed by atoms with Crippen LogP contribution < -0.4 is 4.74 Å². The van der Waals surface area contributed by atoms with E-state index in [1.807, 2.05) is 30.5 Å². The Hall–Kier alpha value is -2.09. The van der Waals surface area contributed by atoms with Gasteiger partial charge in [0, 0.05) is 6.21 Å². The van der Waals surface area contributed by atoms with E-state index in [4.69, 9.17) is 4.74 Å². The fraction of sp³-hybridized carbons (Fsp3) is 0.381. The van der Waals surface area contributed by atoms with Gasteiger partial charge in [-0.15, -0.1) is 0 Å². The van der Waals surface area contributed by atoms with E-state index >= 15 is 0 Å². The van der Waals surface area contributed by atoms with E-state index in [2.05, 4.69) is 50.0 Å². The van der Waals surface area contributed by atoms with Gasteiger partial charge in [-0.05, 0) is 66.3 Å². The molecule has 122 valence electrons. The Morgan fingerprint density at radius 2 is 1.65 bits per heavy atom. The number of rotatable bonds is 8. The maximum absolute atomic E-state index is 5.58. The van der Waals surface area contributed by atoms with Crippen molar-refractivity contribution in [3.05, 3.63) is 59.7 Å². The molecule has 1 atom stereocenters. The molecule has 2 rings (SSSR count).